The van der Waals surface area contributed by atoms with Crippen molar-refractivity contribution in [1.29, 1.82) is 0 Å². The predicted molar refractivity (Wildman–Crippen MR) is 38.7 cm³/mol. The molecule has 0 spiro atoms. The van der Waals surface area contributed by atoms with E-state index in [9.17, 15) is 0 Å². The van der Waals surface area contributed by atoms with Gasteiger partial charge in [-0.1, -0.05) is 0 Å². The van der Waals surface area contributed by atoms with Crippen LogP contribution < -0.4 is 0 Å². The van der Waals surface area contributed by atoms with E-state index in [0.717, 1.165) is 0 Å². The maximum absolute atomic E-state index is 4.25. The molecule has 2 heterocycles. The van der Waals surface area contributed by atoms with Gasteiger partial charge in [-0.3, -0.25) is 0 Å². The maximum atomic E-state index is 4.25. The van der Waals surface area contributed by atoms with Crippen molar-refractivity contribution in [3.63, 3.8) is 0 Å². The van der Waals surface area contributed by atoms with Crippen molar-refractivity contribution in [2.75, 3.05) is 0 Å². The van der Waals surface area contributed by atoms with Gasteiger partial charge in [-0.2, -0.15) is 0 Å². The summed E-state index contributed by atoms with van der Waals surface area (Å²) in [6.45, 7) is 0. The van der Waals surface area contributed by atoms with Gasteiger partial charge in [-0.15, -0.1) is 0 Å². The molecule has 2 rings (SSSR count). The van der Waals surface area contributed by atoms with E-state index in [1.807, 2.05) is 12.3 Å². The summed E-state index contributed by atoms with van der Waals surface area (Å²) >= 11 is -0.0290. The Bertz CT molecular complexity index is 283. The molecule has 0 amide bonds. The summed E-state index contributed by atoms with van der Waals surface area (Å²) < 4.78 is 3.60. The summed E-state index contributed by atoms with van der Waals surface area (Å²) in [5, 5.41) is 1.33. The molecule has 2 aromatic heterocycles. The summed E-state index contributed by atoms with van der Waals surface area (Å²) in [5.74, 6) is 0. The fraction of sp³-hybridized carbons (Fsp3) is 0. The minimum absolute atomic E-state index is 0.0290. The third-order valence-electron chi connectivity index (χ3n) is 1.23. The number of fused-ring (bicyclic) bond motifs is 1. The van der Waals surface area contributed by atoms with Crippen LogP contribution in [0.5, 0.6) is 0 Å². The number of nitrogens with zero attached hydrogens (tertiary/aromatic N) is 1. The van der Waals surface area contributed by atoms with Crippen LogP contribution in [0.3, 0.4) is 0 Å². The standard InChI is InChI=1S/C7H5NTe/c1-2-6-3-5-9-7(6)8-4-1/h1-5H. The van der Waals surface area contributed by atoms with Crippen molar-refractivity contribution in [2.24, 2.45) is 0 Å². The number of rotatable bonds is 0. The van der Waals surface area contributed by atoms with Gasteiger partial charge in [-0.05, 0) is 0 Å². The van der Waals surface area contributed by atoms with Gasteiger partial charge < -0.3 is 0 Å². The van der Waals surface area contributed by atoms with E-state index < -0.39 is 0 Å². The van der Waals surface area contributed by atoms with E-state index in [0.29, 0.717) is 0 Å². The topological polar surface area (TPSA) is 12.9 Å². The van der Waals surface area contributed by atoms with Gasteiger partial charge in [0, 0.05) is 0 Å². The van der Waals surface area contributed by atoms with Gasteiger partial charge in [0.15, 0.2) is 0 Å². The first-order valence-electron chi connectivity index (χ1n) is 2.75. The molecule has 0 bridgehead atoms. The van der Waals surface area contributed by atoms with Crippen LogP contribution in [0.15, 0.2) is 28.5 Å². The van der Waals surface area contributed by atoms with Crippen molar-refractivity contribution in [3.8, 4) is 0 Å². The molecule has 0 aromatic carbocycles. The molecule has 0 saturated carbocycles. The van der Waals surface area contributed by atoms with E-state index in [1.165, 1.54) is 8.92 Å². The molecule has 9 heavy (non-hydrogen) atoms. The Kier molecular flexibility index (Phi) is 1.29. The van der Waals surface area contributed by atoms with Crippen LogP contribution in [0, 0.1) is 0 Å². The Balaban J connectivity index is 2.95. The summed E-state index contributed by atoms with van der Waals surface area (Å²) in [6, 6.07) is 6.28. The molecule has 2 aromatic rings. The molecule has 0 unspecified atom stereocenters. The van der Waals surface area contributed by atoms with E-state index in [2.05, 4.69) is 21.2 Å². The summed E-state index contributed by atoms with van der Waals surface area (Å²) in [4.78, 5) is 4.25. The van der Waals surface area contributed by atoms with Crippen LogP contribution in [-0.2, 0) is 0 Å². The first-order valence-corrected chi connectivity index (χ1v) is 5.26. The Hall–Kier alpha value is -0.320. The molecule has 0 atom stereocenters. The van der Waals surface area contributed by atoms with Crippen LogP contribution >= 0.6 is 0 Å². The van der Waals surface area contributed by atoms with Gasteiger partial charge in [0.25, 0.3) is 0 Å². The Morgan fingerprint density at radius 1 is 1.33 bits per heavy atom. The van der Waals surface area contributed by atoms with Gasteiger partial charge in [0.05, 0.1) is 0 Å². The van der Waals surface area contributed by atoms with Gasteiger partial charge >= 0.3 is 62.8 Å². The zero-order valence-electron chi connectivity index (χ0n) is 4.74. The molecular formula is C7H5NTe. The Labute approximate surface area is 63.0 Å². The molecule has 1 nitrogen and oxygen atoms in total. The van der Waals surface area contributed by atoms with Crippen LogP contribution in [0.2, 0.25) is 0 Å². The predicted octanol–water partition coefficient (Wildman–Crippen LogP) is 1.29. The first-order chi connectivity index (χ1) is 4.47. The number of hydrogen-bond donors (Lipinski definition) is 0. The number of aromatic nitrogens is 1. The molecule has 44 valence electrons. The molecule has 0 aliphatic heterocycles. The van der Waals surface area contributed by atoms with E-state index in [4.69, 9.17) is 0 Å². The second kappa shape index (κ2) is 2.13. The molecule has 0 aliphatic rings. The van der Waals surface area contributed by atoms with Crippen molar-refractivity contribution in [2.45, 2.75) is 0 Å². The quantitative estimate of drug-likeness (QED) is 0.622. The zero-order chi connectivity index (χ0) is 6.10. The van der Waals surface area contributed by atoms with Crippen molar-refractivity contribution in [1.82, 2.24) is 4.98 Å². The molecule has 0 N–H and O–H groups in total. The van der Waals surface area contributed by atoms with Gasteiger partial charge in [-0.25, -0.2) is 0 Å². The third-order valence-corrected chi connectivity index (χ3v) is 3.62. The second-order valence-electron chi connectivity index (χ2n) is 1.82. The van der Waals surface area contributed by atoms with Gasteiger partial charge in [0.2, 0.25) is 0 Å². The van der Waals surface area contributed by atoms with Gasteiger partial charge in [0.1, 0.15) is 0 Å². The fourth-order valence-corrected chi connectivity index (χ4v) is 2.91. The van der Waals surface area contributed by atoms with E-state index >= 15 is 0 Å². The molecule has 0 fully saturated rings. The van der Waals surface area contributed by atoms with Crippen molar-refractivity contribution < 1.29 is 0 Å². The average molecular weight is 231 g/mol. The van der Waals surface area contributed by atoms with Crippen LogP contribution in [0.4, 0.5) is 0 Å². The van der Waals surface area contributed by atoms with Crippen molar-refractivity contribution >= 4 is 29.3 Å². The van der Waals surface area contributed by atoms with E-state index in [1.54, 1.807) is 0 Å². The minimum atomic E-state index is -0.0290. The number of pyridine rings is 1. The summed E-state index contributed by atoms with van der Waals surface area (Å²) in [7, 11) is 0. The normalized spacial score (nSPS) is 10.2. The summed E-state index contributed by atoms with van der Waals surface area (Å²) in [6.07, 6.45) is 1.87. The molecule has 0 aliphatic carbocycles. The Morgan fingerprint density at radius 2 is 2.33 bits per heavy atom. The zero-order valence-corrected chi connectivity index (χ0v) is 7.07. The van der Waals surface area contributed by atoms with Crippen LogP contribution in [0.1, 0.15) is 0 Å². The van der Waals surface area contributed by atoms with Crippen LogP contribution in [-0.4, -0.2) is 25.4 Å². The monoisotopic (exact) mass is 233 g/mol. The molecule has 2 heteroatoms. The van der Waals surface area contributed by atoms with Crippen LogP contribution in [0.25, 0.3) is 8.92 Å². The summed E-state index contributed by atoms with van der Waals surface area (Å²) in [5.41, 5.74) is 0. The Morgan fingerprint density at radius 3 is 3.22 bits per heavy atom. The second-order valence-corrected chi connectivity index (χ2v) is 4.37. The fourth-order valence-electron chi connectivity index (χ4n) is 0.800. The first kappa shape index (κ1) is 5.46. The molecule has 0 saturated heterocycles. The SMILES string of the molecule is c1cnc2[te]ccc2c1. The molecular weight excluding hydrogens is 226 g/mol. The average Bonchev–Trinajstić information content (AvgIpc) is 2.33. The molecule has 0 radical (unpaired) electrons. The number of hydrogen-bond acceptors (Lipinski definition) is 1. The van der Waals surface area contributed by atoms with E-state index in [-0.39, 0.29) is 20.4 Å². The van der Waals surface area contributed by atoms with Crippen molar-refractivity contribution in [3.05, 3.63) is 28.5 Å². The third kappa shape index (κ3) is 0.890.